The van der Waals surface area contributed by atoms with E-state index in [4.69, 9.17) is 0 Å². The minimum atomic E-state index is 0.254. The van der Waals surface area contributed by atoms with Crippen LogP contribution in [0.3, 0.4) is 0 Å². The molecule has 0 saturated heterocycles. The molecule has 0 heterocycles. The maximum atomic E-state index is 12.0. The summed E-state index contributed by atoms with van der Waals surface area (Å²) in [5.41, 5.74) is 0. The topological polar surface area (TPSA) is 32.3 Å². The molecule has 3 heteroatoms. The second-order valence-corrected chi connectivity index (χ2v) is 4.94. The van der Waals surface area contributed by atoms with E-state index in [1.165, 1.54) is 32.1 Å². The first kappa shape index (κ1) is 14.2. The van der Waals surface area contributed by atoms with Crippen LogP contribution in [-0.4, -0.2) is 37.5 Å². The summed E-state index contributed by atoms with van der Waals surface area (Å²) >= 11 is 0. The second kappa shape index (κ2) is 8.29. The molecule has 1 amide bonds. The van der Waals surface area contributed by atoms with Gasteiger partial charge in [-0.1, -0.05) is 25.3 Å². The third-order valence-corrected chi connectivity index (χ3v) is 3.49. The molecular formula is C14H26N2O. The standard InChI is InChI=1S/C14H26N2O/c1-3-11-16(14(17)9-10-15-2)12-13-7-5-4-6-8-13/h3,13,15H,1,4-12H2,2H3. The highest BCUT2D eigenvalue weighted by molar-refractivity contribution is 5.76. The van der Waals surface area contributed by atoms with E-state index in [0.717, 1.165) is 13.1 Å². The van der Waals surface area contributed by atoms with Crippen LogP contribution in [0.25, 0.3) is 0 Å². The molecule has 1 aliphatic rings. The Hall–Kier alpha value is -0.830. The predicted molar refractivity (Wildman–Crippen MR) is 71.9 cm³/mol. The van der Waals surface area contributed by atoms with E-state index in [9.17, 15) is 4.79 Å². The van der Waals surface area contributed by atoms with Crippen LogP contribution >= 0.6 is 0 Å². The zero-order valence-electron chi connectivity index (χ0n) is 11.1. The van der Waals surface area contributed by atoms with E-state index in [2.05, 4.69) is 11.9 Å². The van der Waals surface area contributed by atoms with Crippen LogP contribution in [0, 0.1) is 5.92 Å². The normalized spacial score (nSPS) is 16.8. The van der Waals surface area contributed by atoms with Crippen molar-refractivity contribution in [3.8, 4) is 0 Å². The Balaban J connectivity index is 2.40. The summed E-state index contributed by atoms with van der Waals surface area (Å²) in [6, 6.07) is 0. The van der Waals surface area contributed by atoms with Gasteiger partial charge in [0.1, 0.15) is 0 Å². The van der Waals surface area contributed by atoms with Crippen molar-refractivity contribution in [3.63, 3.8) is 0 Å². The maximum Gasteiger partial charge on any atom is 0.224 e. The molecule has 0 aromatic carbocycles. The van der Waals surface area contributed by atoms with Gasteiger partial charge in [0.05, 0.1) is 0 Å². The summed E-state index contributed by atoms with van der Waals surface area (Å²) in [4.78, 5) is 14.0. The first-order valence-corrected chi connectivity index (χ1v) is 6.81. The van der Waals surface area contributed by atoms with Gasteiger partial charge in [0.15, 0.2) is 0 Å². The lowest BCUT2D eigenvalue weighted by Gasteiger charge is -2.29. The molecule has 1 aliphatic carbocycles. The molecule has 1 saturated carbocycles. The first-order valence-electron chi connectivity index (χ1n) is 6.81. The molecule has 0 unspecified atom stereocenters. The van der Waals surface area contributed by atoms with E-state index < -0.39 is 0 Å². The highest BCUT2D eigenvalue weighted by Crippen LogP contribution is 2.24. The molecule has 0 aromatic heterocycles. The number of hydrogen-bond donors (Lipinski definition) is 1. The largest absolute Gasteiger partial charge is 0.339 e. The molecule has 0 aromatic rings. The van der Waals surface area contributed by atoms with Crippen molar-refractivity contribution in [2.45, 2.75) is 38.5 Å². The lowest BCUT2D eigenvalue weighted by Crippen LogP contribution is -2.37. The van der Waals surface area contributed by atoms with Gasteiger partial charge in [-0.15, -0.1) is 6.58 Å². The van der Waals surface area contributed by atoms with Gasteiger partial charge in [-0.2, -0.15) is 0 Å². The fraction of sp³-hybridized carbons (Fsp3) is 0.786. The minimum absolute atomic E-state index is 0.254. The third-order valence-electron chi connectivity index (χ3n) is 3.49. The van der Waals surface area contributed by atoms with Gasteiger partial charge in [0.2, 0.25) is 5.91 Å². The summed E-state index contributed by atoms with van der Waals surface area (Å²) in [7, 11) is 1.88. The Morgan fingerprint density at radius 3 is 2.71 bits per heavy atom. The van der Waals surface area contributed by atoms with Crippen molar-refractivity contribution in [3.05, 3.63) is 12.7 Å². The SMILES string of the molecule is C=CCN(CC1CCCCC1)C(=O)CCNC. The van der Waals surface area contributed by atoms with Crippen LogP contribution in [0.15, 0.2) is 12.7 Å². The number of rotatable bonds is 7. The van der Waals surface area contributed by atoms with Crippen molar-refractivity contribution in [2.75, 3.05) is 26.7 Å². The summed E-state index contributed by atoms with van der Waals surface area (Å²) < 4.78 is 0. The van der Waals surface area contributed by atoms with E-state index in [0.29, 0.717) is 18.9 Å². The van der Waals surface area contributed by atoms with Gasteiger partial charge in [-0.3, -0.25) is 4.79 Å². The highest BCUT2D eigenvalue weighted by Gasteiger charge is 2.19. The van der Waals surface area contributed by atoms with E-state index in [1.807, 2.05) is 18.0 Å². The zero-order chi connectivity index (χ0) is 12.5. The average molecular weight is 238 g/mol. The van der Waals surface area contributed by atoms with Crippen molar-refractivity contribution >= 4 is 5.91 Å². The maximum absolute atomic E-state index is 12.0. The summed E-state index contributed by atoms with van der Waals surface area (Å²) in [5.74, 6) is 0.965. The molecule has 1 N–H and O–H groups in total. The Morgan fingerprint density at radius 2 is 2.12 bits per heavy atom. The van der Waals surface area contributed by atoms with Crippen molar-refractivity contribution < 1.29 is 4.79 Å². The van der Waals surface area contributed by atoms with Crippen LogP contribution in [0.4, 0.5) is 0 Å². The lowest BCUT2D eigenvalue weighted by atomic mass is 9.89. The van der Waals surface area contributed by atoms with E-state index >= 15 is 0 Å². The Labute approximate surface area is 105 Å². The molecule has 0 radical (unpaired) electrons. The molecule has 0 spiro atoms. The van der Waals surface area contributed by atoms with E-state index in [-0.39, 0.29) is 5.91 Å². The Bertz CT molecular complexity index is 234. The van der Waals surface area contributed by atoms with Crippen LogP contribution in [0.5, 0.6) is 0 Å². The van der Waals surface area contributed by atoms with Gasteiger partial charge < -0.3 is 10.2 Å². The van der Waals surface area contributed by atoms with E-state index in [1.54, 1.807) is 0 Å². The van der Waals surface area contributed by atoms with Crippen molar-refractivity contribution in [1.82, 2.24) is 10.2 Å². The van der Waals surface area contributed by atoms with Crippen molar-refractivity contribution in [1.29, 1.82) is 0 Å². The summed E-state index contributed by atoms with van der Waals surface area (Å²) in [6.45, 7) is 6.13. The van der Waals surface area contributed by atoms with Crippen molar-refractivity contribution in [2.24, 2.45) is 5.92 Å². The quantitative estimate of drug-likeness (QED) is 0.690. The number of amides is 1. The number of nitrogens with zero attached hydrogens (tertiary/aromatic N) is 1. The van der Waals surface area contributed by atoms with Crippen LogP contribution in [0.2, 0.25) is 0 Å². The van der Waals surface area contributed by atoms with Crippen LogP contribution < -0.4 is 5.32 Å². The molecule has 0 bridgehead atoms. The fourth-order valence-electron chi connectivity index (χ4n) is 2.51. The smallest absolute Gasteiger partial charge is 0.224 e. The minimum Gasteiger partial charge on any atom is -0.339 e. The fourth-order valence-corrected chi connectivity index (χ4v) is 2.51. The Kier molecular flexibility index (Phi) is 6.94. The molecular weight excluding hydrogens is 212 g/mol. The number of hydrogen-bond acceptors (Lipinski definition) is 2. The van der Waals surface area contributed by atoms with Gasteiger partial charge in [-0.25, -0.2) is 0 Å². The zero-order valence-corrected chi connectivity index (χ0v) is 11.1. The third kappa shape index (κ3) is 5.35. The molecule has 17 heavy (non-hydrogen) atoms. The monoisotopic (exact) mass is 238 g/mol. The highest BCUT2D eigenvalue weighted by atomic mass is 16.2. The summed E-state index contributed by atoms with van der Waals surface area (Å²) in [5, 5.41) is 3.03. The molecule has 1 rings (SSSR count). The van der Waals surface area contributed by atoms with Gasteiger partial charge >= 0.3 is 0 Å². The second-order valence-electron chi connectivity index (χ2n) is 4.94. The number of nitrogens with one attached hydrogen (secondary N) is 1. The number of carbonyl (C=O) groups excluding carboxylic acids is 1. The first-order chi connectivity index (χ1) is 8.27. The van der Waals surface area contributed by atoms with Crippen LogP contribution in [0.1, 0.15) is 38.5 Å². The summed E-state index contributed by atoms with van der Waals surface area (Å²) in [6.07, 6.45) is 9.03. The van der Waals surface area contributed by atoms with Crippen LogP contribution in [-0.2, 0) is 4.79 Å². The molecule has 0 aliphatic heterocycles. The van der Waals surface area contributed by atoms with Gasteiger partial charge in [0, 0.05) is 26.1 Å². The van der Waals surface area contributed by atoms with Gasteiger partial charge in [0.25, 0.3) is 0 Å². The Morgan fingerprint density at radius 1 is 1.41 bits per heavy atom. The molecule has 3 nitrogen and oxygen atoms in total. The lowest BCUT2D eigenvalue weighted by molar-refractivity contribution is -0.131. The average Bonchev–Trinajstić information content (AvgIpc) is 2.36. The molecule has 98 valence electrons. The van der Waals surface area contributed by atoms with Gasteiger partial charge in [-0.05, 0) is 25.8 Å². The molecule has 1 fully saturated rings. The number of carbonyl (C=O) groups is 1. The predicted octanol–water partition coefficient (Wildman–Crippen LogP) is 2.19. The molecule has 0 atom stereocenters.